The van der Waals surface area contributed by atoms with Crippen molar-refractivity contribution in [3.63, 3.8) is 0 Å². The summed E-state index contributed by atoms with van der Waals surface area (Å²) in [5.74, 6) is 1.91. The zero-order chi connectivity index (χ0) is 17.9. The largest absolute Gasteiger partial charge is 0.498 e. The Bertz CT molecular complexity index is 813. The summed E-state index contributed by atoms with van der Waals surface area (Å²) in [5, 5.41) is 0. The molecule has 0 aliphatic carbocycles. The molecule has 0 N–H and O–H groups in total. The van der Waals surface area contributed by atoms with E-state index in [2.05, 4.69) is 0 Å². The van der Waals surface area contributed by atoms with Crippen LogP contribution in [0.4, 0.5) is 0 Å². The van der Waals surface area contributed by atoms with Crippen molar-refractivity contribution < 1.29 is 18.8 Å². The molecule has 1 heterocycles. The highest BCUT2D eigenvalue weighted by molar-refractivity contribution is 5.75. The molecule has 24 heavy (non-hydrogen) atoms. The summed E-state index contributed by atoms with van der Waals surface area (Å²) in [7, 11) is 8.26. The fraction of sp³-hybridized carbons (Fsp3) is 0.333. The molecule has 0 saturated carbocycles. The maximum absolute atomic E-state index is 12.2. The van der Waals surface area contributed by atoms with E-state index in [4.69, 9.17) is 14.2 Å². The molecule has 0 atom stereocenters. The summed E-state index contributed by atoms with van der Waals surface area (Å²) >= 11 is 0. The zero-order valence-corrected chi connectivity index (χ0v) is 14.9. The molecule has 0 amide bonds. The van der Waals surface area contributed by atoms with Crippen LogP contribution in [-0.2, 0) is 14.1 Å². The van der Waals surface area contributed by atoms with E-state index in [0.29, 0.717) is 17.2 Å². The number of nitrogens with zero attached hydrogens (tertiary/aromatic N) is 2. The van der Waals surface area contributed by atoms with Crippen LogP contribution in [0.15, 0.2) is 23.0 Å². The van der Waals surface area contributed by atoms with Gasteiger partial charge in [-0.05, 0) is 19.1 Å². The highest BCUT2D eigenvalue weighted by Crippen LogP contribution is 2.35. The van der Waals surface area contributed by atoms with E-state index in [1.807, 2.05) is 25.1 Å². The molecule has 0 radical (unpaired) electrons. The van der Waals surface area contributed by atoms with Crippen LogP contribution in [0.5, 0.6) is 17.2 Å². The van der Waals surface area contributed by atoms with Crippen LogP contribution in [0.2, 0.25) is 0 Å². The molecule has 0 spiro atoms. The number of benzene rings is 1. The van der Waals surface area contributed by atoms with Gasteiger partial charge in [0.1, 0.15) is 28.6 Å². The lowest BCUT2D eigenvalue weighted by molar-refractivity contribution is -0.692. The molecule has 2 rings (SSSR count). The summed E-state index contributed by atoms with van der Waals surface area (Å²) in [4.78, 5) is 12.2. The third kappa shape index (κ3) is 3.27. The number of ether oxygens (including phenoxy) is 3. The van der Waals surface area contributed by atoms with Gasteiger partial charge in [-0.2, -0.15) is 13.9 Å². The van der Waals surface area contributed by atoms with Crippen molar-refractivity contribution >= 4 is 12.2 Å². The van der Waals surface area contributed by atoms with Gasteiger partial charge in [-0.15, -0.1) is 0 Å². The van der Waals surface area contributed by atoms with Crippen LogP contribution in [0.3, 0.4) is 0 Å². The van der Waals surface area contributed by atoms with E-state index in [1.165, 1.54) is 0 Å². The summed E-state index contributed by atoms with van der Waals surface area (Å²) in [6, 6.07) is 5.52. The number of aromatic nitrogens is 2. The van der Waals surface area contributed by atoms with Gasteiger partial charge in [0, 0.05) is 18.2 Å². The number of methoxy groups -OCH3 is 3. The molecule has 128 valence electrons. The second kappa shape index (κ2) is 7.21. The lowest BCUT2D eigenvalue weighted by Gasteiger charge is -2.12. The van der Waals surface area contributed by atoms with Crippen molar-refractivity contribution in [3.8, 4) is 17.2 Å². The fourth-order valence-corrected chi connectivity index (χ4v) is 2.42. The maximum atomic E-state index is 12.2. The van der Waals surface area contributed by atoms with Crippen molar-refractivity contribution in [3.05, 3.63) is 45.6 Å². The zero-order valence-electron chi connectivity index (χ0n) is 14.9. The van der Waals surface area contributed by atoms with E-state index in [1.54, 1.807) is 56.7 Å². The molecule has 0 bridgehead atoms. The predicted octanol–water partition coefficient (Wildman–Crippen LogP) is 1.71. The SMILES string of the molecule is COc1cc(OC)c(C=Cc2cc(C)n(C)c(=O)[n+]2C)c(OC)c1. The Morgan fingerprint density at radius 3 is 2.08 bits per heavy atom. The minimum absolute atomic E-state index is 0.0803. The van der Waals surface area contributed by atoms with Gasteiger partial charge < -0.3 is 14.2 Å². The number of hydrogen-bond donors (Lipinski definition) is 0. The van der Waals surface area contributed by atoms with E-state index in [-0.39, 0.29) is 5.69 Å². The quantitative estimate of drug-likeness (QED) is 0.783. The maximum Gasteiger partial charge on any atom is 0.498 e. The van der Waals surface area contributed by atoms with Gasteiger partial charge in [0.05, 0.1) is 41.0 Å². The van der Waals surface area contributed by atoms with Gasteiger partial charge in [-0.3, -0.25) is 0 Å². The summed E-state index contributed by atoms with van der Waals surface area (Å²) < 4.78 is 19.3. The lowest BCUT2D eigenvalue weighted by Crippen LogP contribution is -2.53. The molecular formula is C18H23N2O4+. The summed E-state index contributed by atoms with van der Waals surface area (Å²) in [6.45, 7) is 1.90. The van der Waals surface area contributed by atoms with E-state index in [0.717, 1.165) is 17.0 Å². The summed E-state index contributed by atoms with van der Waals surface area (Å²) in [6.07, 6.45) is 3.73. The van der Waals surface area contributed by atoms with Crippen LogP contribution in [-0.4, -0.2) is 25.9 Å². The Hall–Kier alpha value is -2.76. The highest BCUT2D eigenvalue weighted by atomic mass is 16.5. The molecule has 1 aromatic heterocycles. The Morgan fingerprint density at radius 2 is 1.58 bits per heavy atom. The fourth-order valence-electron chi connectivity index (χ4n) is 2.42. The van der Waals surface area contributed by atoms with Crippen LogP contribution >= 0.6 is 0 Å². The first-order valence-corrected chi connectivity index (χ1v) is 7.47. The van der Waals surface area contributed by atoms with Gasteiger partial charge in [0.2, 0.25) is 0 Å². The second-order valence-corrected chi connectivity index (χ2v) is 5.39. The third-order valence-electron chi connectivity index (χ3n) is 4.02. The Kier molecular flexibility index (Phi) is 5.28. The average molecular weight is 331 g/mol. The molecule has 2 aromatic rings. The van der Waals surface area contributed by atoms with E-state index < -0.39 is 0 Å². The molecule has 1 aromatic carbocycles. The van der Waals surface area contributed by atoms with Gasteiger partial charge >= 0.3 is 5.69 Å². The Morgan fingerprint density at radius 1 is 1.00 bits per heavy atom. The third-order valence-corrected chi connectivity index (χ3v) is 4.02. The lowest BCUT2D eigenvalue weighted by atomic mass is 10.1. The highest BCUT2D eigenvalue weighted by Gasteiger charge is 2.14. The number of rotatable bonds is 5. The molecule has 0 aliphatic rings. The molecule has 6 nitrogen and oxygen atoms in total. The van der Waals surface area contributed by atoms with Crippen molar-refractivity contribution in [2.75, 3.05) is 21.3 Å². The average Bonchev–Trinajstić information content (AvgIpc) is 2.60. The van der Waals surface area contributed by atoms with Gasteiger partial charge in [0.25, 0.3) is 0 Å². The molecular weight excluding hydrogens is 308 g/mol. The smallest absolute Gasteiger partial charge is 0.496 e. The molecule has 0 unspecified atom stereocenters. The Balaban J connectivity index is 2.56. The van der Waals surface area contributed by atoms with Gasteiger partial charge in [-0.25, -0.2) is 0 Å². The Labute approximate surface area is 141 Å². The van der Waals surface area contributed by atoms with Crippen molar-refractivity contribution in [2.45, 2.75) is 6.92 Å². The van der Waals surface area contributed by atoms with Gasteiger partial charge in [-0.1, -0.05) is 0 Å². The predicted molar refractivity (Wildman–Crippen MR) is 92.6 cm³/mol. The summed E-state index contributed by atoms with van der Waals surface area (Å²) in [5.41, 5.74) is 2.37. The first-order valence-electron chi connectivity index (χ1n) is 7.47. The number of aryl methyl sites for hydroxylation is 1. The standard InChI is InChI=1S/C18H23N2O4/c1-12-9-13(20(3)18(21)19(12)2)7-8-15-16(23-5)10-14(22-4)11-17(15)24-6/h7-11H,1-6H3/q+1. The first-order chi connectivity index (χ1) is 11.4. The molecule has 0 fully saturated rings. The van der Waals surface area contributed by atoms with Crippen LogP contribution in [0.25, 0.3) is 12.2 Å². The normalized spacial score (nSPS) is 10.9. The monoisotopic (exact) mass is 331 g/mol. The minimum atomic E-state index is -0.0803. The van der Waals surface area contributed by atoms with Crippen LogP contribution in [0, 0.1) is 6.92 Å². The van der Waals surface area contributed by atoms with E-state index in [9.17, 15) is 4.79 Å². The molecule has 0 saturated heterocycles. The molecule has 6 heteroatoms. The molecule has 0 aliphatic heterocycles. The van der Waals surface area contributed by atoms with Crippen LogP contribution < -0.4 is 24.5 Å². The number of hydrogen-bond acceptors (Lipinski definition) is 4. The second-order valence-electron chi connectivity index (χ2n) is 5.39. The van der Waals surface area contributed by atoms with E-state index >= 15 is 0 Å². The van der Waals surface area contributed by atoms with Crippen molar-refractivity contribution in [2.24, 2.45) is 14.1 Å². The van der Waals surface area contributed by atoms with Crippen molar-refractivity contribution in [1.29, 1.82) is 0 Å². The topological polar surface area (TPSA) is 53.6 Å². The minimum Gasteiger partial charge on any atom is -0.496 e. The van der Waals surface area contributed by atoms with Gasteiger partial charge in [0.15, 0.2) is 0 Å². The van der Waals surface area contributed by atoms with Crippen molar-refractivity contribution in [1.82, 2.24) is 4.57 Å². The first kappa shape index (κ1) is 17.6. The van der Waals surface area contributed by atoms with Crippen LogP contribution in [0.1, 0.15) is 17.0 Å².